The Morgan fingerprint density at radius 1 is 1.19 bits per heavy atom. The van der Waals surface area contributed by atoms with E-state index in [4.69, 9.17) is 4.42 Å². The number of rotatable bonds is 5. The fraction of sp³-hybridized carbons (Fsp3) is 0.143. The Morgan fingerprint density at radius 3 is 2.86 bits per heavy atom. The summed E-state index contributed by atoms with van der Waals surface area (Å²) in [5, 5.41) is 5.80. The van der Waals surface area contributed by atoms with Gasteiger partial charge >= 0.3 is 0 Å². The van der Waals surface area contributed by atoms with Gasteiger partial charge in [-0.25, -0.2) is 0 Å². The molecule has 21 heavy (non-hydrogen) atoms. The molecule has 0 atom stereocenters. The molecule has 3 rings (SSSR count). The topological polar surface area (TPSA) is 71.3 Å². The van der Waals surface area contributed by atoms with Gasteiger partial charge in [0.25, 0.3) is 10.0 Å². The van der Waals surface area contributed by atoms with Gasteiger partial charge in [0.05, 0.1) is 6.54 Å². The van der Waals surface area contributed by atoms with Crippen LogP contribution in [0, 0.1) is 0 Å². The van der Waals surface area contributed by atoms with Crippen molar-refractivity contribution in [2.45, 2.75) is 11.6 Å². The zero-order valence-electron chi connectivity index (χ0n) is 11.3. The quantitative estimate of drug-likeness (QED) is 0.757. The maximum absolute atomic E-state index is 12.3. The lowest BCUT2D eigenvalue weighted by atomic mass is 10.2. The fourth-order valence-corrected chi connectivity index (χ4v) is 3.78. The van der Waals surface area contributed by atoms with Crippen LogP contribution >= 0.6 is 11.3 Å². The van der Waals surface area contributed by atoms with Crippen molar-refractivity contribution in [3.8, 4) is 0 Å². The molecule has 2 N–H and O–H groups in total. The van der Waals surface area contributed by atoms with Crippen LogP contribution in [0.3, 0.4) is 0 Å². The summed E-state index contributed by atoms with van der Waals surface area (Å²) in [6, 6.07) is 10.5. The highest BCUT2D eigenvalue weighted by Crippen LogP contribution is 2.25. The molecule has 0 aliphatic heterocycles. The third-order valence-electron chi connectivity index (χ3n) is 2.96. The minimum Gasteiger partial charge on any atom is -0.446 e. The van der Waals surface area contributed by atoms with Crippen molar-refractivity contribution in [1.82, 2.24) is 5.32 Å². The summed E-state index contributed by atoms with van der Waals surface area (Å²) >= 11 is 1.62. The van der Waals surface area contributed by atoms with Crippen LogP contribution in [-0.4, -0.2) is 15.5 Å². The van der Waals surface area contributed by atoms with E-state index in [9.17, 15) is 8.42 Å². The first-order valence-corrected chi connectivity index (χ1v) is 8.68. The number of thiophene rings is 1. The Morgan fingerprint density at radius 2 is 2.05 bits per heavy atom. The molecule has 0 bridgehead atoms. The molecule has 0 fully saturated rings. The Balaban J connectivity index is 1.87. The monoisotopic (exact) mass is 322 g/mol. The van der Waals surface area contributed by atoms with Crippen LogP contribution in [-0.2, 0) is 16.6 Å². The van der Waals surface area contributed by atoms with Crippen LogP contribution in [0.25, 0.3) is 10.1 Å². The second kappa shape index (κ2) is 5.51. The number of hydrogen-bond donors (Lipinski definition) is 2. The van der Waals surface area contributed by atoms with Gasteiger partial charge in [-0.05, 0) is 54.2 Å². The Kier molecular flexibility index (Phi) is 3.71. The molecule has 0 aliphatic rings. The molecule has 0 spiro atoms. The highest BCUT2D eigenvalue weighted by Gasteiger charge is 2.19. The van der Waals surface area contributed by atoms with Crippen molar-refractivity contribution >= 4 is 37.1 Å². The smallest absolute Gasteiger partial charge is 0.295 e. The number of nitrogens with one attached hydrogen (secondary N) is 2. The zero-order valence-corrected chi connectivity index (χ0v) is 12.9. The molecular weight excluding hydrogens is 308 g/mol. The zero-order chi connectivity index (χ0) is 14.9. The van der Waals surface area contributed by atoms with Crippen LogP contribution in [0.1, 0.15) is 5.76 Å². The minimum absolute atomic E-state index is 0.0850. The fourth-order valence-electron chi connectivity index (χ4n) is 2.01. The van der Waals surface area contributed by atoms with Crippen molar-refractivity contribution in [3.05, 3.63) is 47.5 Å². The number of anilines is 1. The Hall–Kier alpha value is -1.83. The number of sulfonamides is 1. The van der Waals surface area contributed by atoms with Gasteiger partial charge in [-0.15, -0.1) is 11.3 Å². The summed E-state index contributed by atoms with van der Waals surface area (Å²) in [5.41, 5.74) is 0.521. The van der Waals surface area contributed by atoms with Gasteiger partial charge < -0.3 is 9.73 Å². The van der Waals surface area contributed by atoms with Crippen LogP contribution in [0.4, 0.5) is 5.69 Å². The van der Waals surface area contributed by atoms with Crippen LogP contribution in [0.2, 0.25) is 0 Å². The van der Waals surface area contributed by atoms with E-state index in [0.717, 1.165) is 10.1 Å². The van der Waals surface area contributed by atoms with Crippen molar-refractivity contribution in [2.24, 2.45) is 0 Å². The van der Waals surface area contributed by atoms with Gasteiger partial charge in [0.1, 0.15) is 5.76 Å². The first kappa shape index (κ1) is 14.1. The van der Waals surface area contributed by atoms with Gasteiger partial charge in [0.2, 0.25) is 5.09 Å². The van der Waals surface area contributed by atoms with E-state index < -0.39 is 10.0 Å². The average molecular weight is 322 g/mol. The third kappa shape index (κ3) is 2.94. The Labute approximate surface area is 126 Å². The lowest BCUT2D eigenvalue weighted by Crippen LogP contribution is -2.12. The molecule has 2 heterocycles. The van der Waals surface area contributed by atoms with E-state index in [2.05, 4.69) is 10.0 Å². The normalized spacial score (nSPS) is 11.9. The molecule has 2 aromatic heterocycles. The standard InChI is InChI=1S/C14H14N2O3S2/c1-15-9-12-3-5-14(19-12)21(17,18)16-11-2-4-13-10(8-11)6-7-20-13/h2-8,15-16H,9H2,1H3. The molecule has 7 heteroatoms. The van der Waals surface area contributed by atoms with Gasteiger partial charge in [-0.3, -0.25) is 4.72 Å². The first-order valence-electron chi connectivity index (χ1n) is 6.32. The second-order valence-electron chi connectivity index (χ2n) is 4.53. The average Bonchev–Trinajstić information content (AvgIpc) is 3.07. The molecular formula is C14H14N2O3S2. The van der Waals surface area contributed by atoms with E-state index in [1.165, 1.54) is 6.07 Å². The molecule has 0 unspecified atom stereocenters. The van der Waals surface area contributed by atoms with Gasteiger partial charge in [-0.2, -0.15) is 8.42 Å². The SMILES string of the molecule is CNCc1ccc(S(=O)(=O)Nc2ccc3sccc3c2)o1. The predicted molar refractivity (Wildman–Crippen MR) is 84.1 cm³/mol. The van der Waals surface area contributed by atoms with Gasteiger partial charge in [0, 0.05) is 10.4 Å². The summed E-state index contributed by atoms with van der Waals surface area (Å²) in [4.78, 5) is 0. The lowest BCUT2D eigenvalue weighted by Gasteiger charge is -2.05. The minimum atomic E-state index is -3.70. The van der Waals surface area contributed by atoms with Gasteiger partial charge in [-0.1, -0.05) is 0 Å². The van der Waals surface area contributed by atoms with Crippen molar-refractivity contribution in [3.63, 3.8) is 0 Å². The lowest BCUT2D eigenvalue weighted by molar-refractivity contribution is 0.408. The predicted octanol–water partition coefficient (Wildman–Crippen LogP) is 3.01. The molecule has 5 nitrogen and oxygen atoms in total. The van der Waals surface area contributed by atoms with E-state index >= 15 is 0 Å². The van der Waals surface area contributed by atoms with E-state index in [0.29, 0.717) is 18.0 Å². The second-order valence-corrected chi connectivity index (χ2v) is 7.09. The van der Waals surface area contributed by atoms with Crippen LogP contribution in [0.15, 0.2) is 51.3 Å². The molecule has 0 radical (unpaired) electrons. The van der Waals surface area contributed by atoms with Crippen LogP contribution in [0.5, 0.6) is 0 Å². The van der Waals surface area contributed by atoms with Crippen molar-refractivity contribution in [1.29, 1.82) is 0 Å². The Bertz CT molecular complexity index is 865. The molecule has 3 aromatic rings. The molecule has 1 aromatic carbocycles. The van der Waals surface area contributed by atoms with Crippen molar-refractivity contribution < 1.29 is 12.8 Å². The number of furan rings is 1. The summed E-state index contributed by atoms with van der Waals surface area (Å²) in [5.74, 6) is 0.575. The van der Waals surface area contributed by atoms with Crippen LogP contribution < -0.4 is 10.0 Å². The molecule has 0 amide bonds. The van der Waals surface area contributed by atoms with E-state index in [1.54, 1.807) is 36.6 Å². The number of benzene rings is 1. The highest BCUT2D eigenvalue weighted by atomic mass is 32.2. The number of fused-ring (bicyclic) bond motifs is 1. The molecule has 110 valence electrons. The first-order chi connectivity index (χ1) is 10.1. The third-order valence-corrected chi connectivity index (χ3v) is 5.11. The van der Waals surface area contributed by atoms with E-state index in [-0.39, 0.29) is 5.09 Å². The summed E-state index contributed by atoms with van der Waals surface area (Å²) in [6.07, 6.45) is 0. The molecule has 0 saturated heterocycles. The maximum Gasteiger partial charge on any atom is 0.295 e. The van der Waals surface area contributed by atoms with Gasteiger partial charge in [0.15, 0.2) is 0 Å². The molecule has 0 saturated carbocycles. The maximum atomic E-state index is 12.3. The highest BCUT2D eigenvalue weighted by molar-refractivity contribution is 7.92. The molecule has 0 aliphatic carbocycles. The summed E-state index contributed by atoms with van der Waals surface area (Å²) in [6.45, 7) is 0.483. The van der Waals surface area contributed by atoms with Crippen molar-refractivity contribution in [2.75, 3.05) is 11.8 Å². The summed E-state index contributed by atoms with van der Waals surface area (Å²) in [7, 11) is -1.93. The largest absolute Gasteiger partial charge is 0.446 e. The number of hydrogen-bond acceptors (Lipinski definition) is 5. The summed E-state index contributed by atoms with van der Waals surface area (Å²) < 4.78 is 33.5. The van der Waals surface area contributed by atoms with E-state index in [1.807, 2.05) is 17.5 Å².